The number of anilines is 2. The van der Waals surface area contributed by atoms with E-state index in [1.807, 2.05) is 6.07 Å². The van der Waals surface area contributed by atoms with Crippen LogP contribution in [0.15, 0.2) is 34.8 Å². The minimum atomic E-state index is -0.307. The fraction of sp³-hybridized carbons (Fsp3) is 0.263. The number of fused-ring (bicyclic) bond motifs is 1. The van der Waals surface area contributed by atoms with Gasteiger partial charge in [0.15, 0.2) is 0 Å². The van der Waals surface area contributed by atoms with Crippen molar-refractivity contribution in [1.29, 1.82) is 0 Å². The van der Waals surface area contributed by atoms with E-state index in [9.17, 15) is 9.59 Å². The van der Waals surface area contributed by atoms with Crippen molar-refractivity contribution in [2.45, 2.75) is 13.3 Å². The van der Waals surface area contributed by atoms with E-state index in [2.05, 4.69) is 21.2 Å². The van der Waals surface area contributed by atoms with Crippen LogP contribution in [0.1, 0.15) is 22.8 Å². The van der Waals surface area contributed by atoms with E-state index >= 15 is 0 Å². The third-order valence-corrected chi connectivity index (χ3v) is 4.73. The largest absolute Gasteiger partial charge is 0.497 e. The molecule has 0 atom stereocenters. The van der Waals surface area contributed by atoms with Crippen LogP contribution in [0.3, 0.4) is 0 Å². The molecule has 0 fully saturated rings. The van der Waals surface area contributed by atoms with Gasteiger partial charge in [0.1, 0.15) is 11.5 Å². The molecule has 0 saturated carbocycles. The van der Waals surface area contributed by atoms with Crippen molar-refractivity contribution in [2.75, 3.05) is 31.0 Å². The van der Waals surface area contributed by atoms with Gasteiger partial charge in [-0.3, -0.25) is 9.59 Å². The third-order valence-electron chi connectivity index (χ3n) is 4.27. The normalized spacial score (nSPS) is 12.5. The summed E-state index contributed by atoms with van der Waals surface area (Å²) in [7, 11) is 3.06. The second-order valence-corrected chi connectivity index (χ2v) is 6.85. The zero-order chi connectivity index (χ0) is 18.8. The molecule has 1 heterocycles. The van der Waals surface area contributed by atoms with Crippen LogP contribution in [0.4, 0.5) is 11.4 Å². The highest BCUT2D eigenvalue weighted by molar-refractivity contribution is 9.10. The molecular weight excluding hydrogens is 400 g/mol. The number of hydrogen-bond acceptors (Lipinski definition) is 4. The Morgan fingerprint density at radius 2 is 1.73 bits per heavy atom. The van der Waals surface area contributed by atoms with Crippen molar-refractivity contribution in [3.63, 3.8) is 0 Å². The quantitative estimate of drug-likeness (QED) is 0.822. The first-order valence-electron chi connectivity index (χ1n) is 8.08. The van der Waals surface area contributed by atoms with Crippen molar-refractivity contribution in [3.05, 3.63) is 45.9 Å². The Kier molecular flexibility index (Phi) is 5.18. The van der Waals surface area contributed by atoms with Gasteiger partial charge in [-0.1, -0.05) is 15.9 Å². The van der Waals surface area contributed by atoms with E-state index in [4.69, 9.17) is 9.47 Å². The second-order valence-electron chi connectivity index (χ2n) is 5.94. The van der Waals surface area contributed by atoms with Gasteiger partial charge >= 0.3 is 0 Å². The smallest absolute Gasteiger partial charge is 0.255 e. The molecule has 0 spiro atoms. The van der Waals surface area contributed by atoms with Crippen LogP contribution in [-0.2, 0) is 11.2 Å². The van der Waals surface area contributed by atoms with Crippen LogP contribution in [0.2, 0.25) is 0 Å². The lowest BCUT2D eigenvalue weighted by Gasteiger charge is -2.19. The predicted octanol–water partition coefficient (Wildman–Crippen LogP) is 3.63. The molecule has 3 rings (SSSR count). The molecule has 0 aromatic heterocycles. The minimum absolute atomic E-state index is 0.0513. The third kappa shape index (κ3) is 3.53. The zero-order valence-corrected chi connectivity index (χ0v) is 16.3. The Balaban J connectivity index is 1.97. The Labute approximate surface area is 160 Å². The monoisotopic (exact) mass is 418 g/mol. The molecule has 26 heavy (non-hydrogen) atoms. The highest BCUT2D eigenvalue weighted by Crippen LogP contribution is 2.38. The molecule has 2 aromatic carbocycles. The zero-order valence-electron chi connectivity index (χ0n) is 14.8. The van der Waals surface area contributed by atoms with E-state index < -0.39 is 0 Å². The molecule has 7 heteroatoms. The highest BCUT2D eigenvalue weighted by Gasteiger charge is 2.27. The lowest BCUT2D eigenvalue weighted by Crippen LogP contribution is -2.27. The van der Waals surface area contributed by atoms with Crippen molar-refractivity contribution < 1.29 is 19.1 Å². The molecule has 1 aliphatic rings. The maximum atomic E-state index is 12.8. The number of benzene rings is 2. The lowest BCUT2D eigenvalue weighted by atomic mass is 10.1. The van der Waals surface area contributed by atoms with Gasteiger partial charge in [0.2, 0.25) is 5.91 Å². The molecular formula is C19H19BrN2O4. The van der Waals surface area contributed by atoms with Crippen LogP contribution in [0, 0.1) is 0 Å². The summed E-state index contributed by atoms with van der Waals surface area (Å²) in [5, 5.41) is 2.91. The summed E-state index contributed by atoms with van der Waals surface area (Å²) in [6, 6.07) is 8.75. The fourth-order valence-electron chi connectivity index (χ4n) is 3.05. The van der Waals surface area contributed by atoms with Gasteiger partial charge in [0, 0.05) is 29.6 Å². The number of halogens is 1. The topological polar surface area (TPSA) is 67.9 Å². The first-order chi connectivity index (χ1) is 12.4. The summed E-state index contributed by atoms with van der Waals surface area (Å²) in [6.07, 6.45) is 0.754. The van der Waals surface area contributed by atoms with Gasteiger partial charge in [-0.25, -0.2) is 0 Å². The van der Waals surface area contributed by atoms with E-state index in [0.29, 0.717) is 29.3 Å². The average molecular weight is 419 g/mol. The summed E-state index contributed by atoms with van der Waals surface area (Å²) in [4.78, 5) is 26.4. The number of methoxy groups -OCH3 is 2. The van der Waals surface area contributed by atoms with Gasteiger partial charge in [-0.2, -0.15) is 0 Å². The summed E-state index contributed by atoms with van der Waals surface area (Å²) < 4.78 is 11.3. The fourth-order valence-corrected chi connectivity index (χ4v) is 3.56. The van der Waals surface area contributed by atoms with Crippen LogP contribution < -0.4 is 19.7 Å². The number of amides is 2. The number of ether oxygens (including phenoxy) is 2. The van der Waals surface area contributed by atoms with Gasteiger partial charge in [-0.05, 0) is 36.2 Å². The molecule has 0 radical (unpaired) electrons. The van der Waals surface area contributed by atoms with E-state index in [0.717, 1.165) is 22.1 Å². The maximum Gasteiger partial charge on any atom is 0.255 e. The van der Waals surface area contributed by atoms with Crippen molar-refractivity contribution >= 4 is 39.1 Å². The van der Waals surface area contributed by atoms with Gasteiger partial charge in [-0.15, -0.1) is 0 Å². The van der Waals surface area contributed by atoms with E-state index in [1.54, 1.807) is 29.2 Å². The van der Waals surface area contributed by atoms with Crippen LogP contribution in [0.5, 0.6) is 11.5 Å². The van der Waals surface area contributed by atoms with Crippen LogP contribution >= 0.6 is 15.9 Å². The highest BCUT2D eigenvalue weighted by atomic mass is 79.9. The molecule has 2 amide bonds. The number of nitrogens with one attached hydrogen (secondary N) is 1. The molecule has 0 bridgehead atoms. The molecule has 1 N–H and O–H groups in total. The predicted molar refractivity (Wildman–Crippen MR) is 103 cm³/mol. The number of hydrogen-bond donors (Lipinski definition) is 1. The Hall–Kier alpha value is -2.54. The maximum absolute atomic E-state index is 12.8. The molecule has 0 unspecified atom stereocenters. The number of nitrogens with zero attached hydrogens (tertiary/aromatic N) is 1. The standard InChI is InChI=1S/C19H19BrN2O4/c1-11(23)22-5-4-12-6-14(20)9-17(18(12)22)21-19(24)13-7-15(25-2)10-16(8-13)26-3/h6-10H,4-5H2,1-3H3,(H,21,24). The van der Waals surface area contributed by atoms with Gasteiger partial charge in [0.25, 0.3) is 5.91 Å². The van der Waals surface area contributed by atoms with Crippen LogP contribution in [-0.4, -0.2) is 32.6 Å². The van der Waals surface area contributed by atoms with E-state index in [-0.39, 0.29) is 11.8 Å². The second kappa shape index (κ2) is 7.37. The summed E-state index contributed by atoms with van der Waals surface area (Å²) in [5.74, 6) is 0.696. The van der Waals surface area contributed by atoms with Gasteiger partial charge in [0.05, 0.1) is 25.6 Å². The Morgan fingerprint density at radius 1 is 1.08 bits per heavy atom. The minimum Gasteiger partial charge on any atom is -0.497 e. The molecule has 2 aromatic rings. The number of carbonyl (C=O) groups is 2. The first kappa shape index (κ1) is 18.3. The molecule has 6 nitrogen and oxygen atoms in total. The molecule has 0 aliphatic carbocycles. The Morgan fingerprint density at radius 3 is 2.31 bits per heavy atom. The van der Waals surface area contributed by atoms with E-state index in [1.165, 1.54) is 21.1 Å². The molecule has 136 valence electrons. The van der Waals surface area contributed by atoms with Crippen molar-refractivity contribution in [1.82, 2.24) is 0 Å². The lowest BCUT2D eigenvalue weighted by molar-refractivity contribution is -0.116. The Bertz CT molecular complexity index is 860. The first-order valence-corrected chi connectivity index (χ1v) is 8.87. The number of carbonyl (C=O) groups excluding carboxylic acids is 2. The molecule has 0 saturated heterocycles. The van der Waals surface area contributed by atoms with Crippen molar-refractivity contribution in [3.8, 4) is 11.5 Å². The SMILES string of the molecule is COc1cc(OC)cc(C(=O)Nc2cc(Br)cc3c2N(C(C)=O)CC3)c1. The molecule has 1 aliphatic heterocycles. The average Bonchev–Trinajstić information content (AvgIpc) is 3.05. The van der Waals surface area contributed by atoms with Crippen LogP contribution in [0.25, 0.3) is 0 Å². The number of rotatable bonds is 4. The summed E-state index contributed by atoms with van der Waals surface area (Å²) >= 11 is 3.47. The summed E-state index contributed by atoms with van der Waals surface area (Å²) in [5.41, 5.74) is 2.77. The summed E-state index contributed by atoms with van der Waals surface area (Å²) in [6.45, 7) is 2.13. The van der Waals surface area contributed by atoms with Gasteiger partial charge < -0.3 is 19.7 Å². The van der Waals surface area contributed by atoms with Crippen molar-refractivity contribution in [2.24, 2.45) is 0 Å².